The Hall–Kier alpha value is -2.84. The lowest BCUT2D eigenvalue weighted by molar-refractivity contribution is -0.137. The van der Waals surface area contributed by atoms with E-state index in [1.54, 1.807) is 29.0 Å². The van der Waals surface area contributed by atoms with Gasteiger partial charge in [-0.25, -0.2) is 9.78 Å². The lowest BCUT2D eigenvalue weighted by Gasteiger charge is -2.37. The standard InChI is InChI=1S/C23H35N5O4/c1-23(2,3)32-22(31)28-12-6-8-18(28)21(30)27-11-5-7-16(15-27)14-26(4)20(29)17-9-10-19(24)25-13-17/h9-10,13,16,18H,5-8,11-12,14-15H2,1-4H3,(H2,24,25). The van der Waals surface area contributed by atoms with Crippen LogP contribution >= 0.6 is 0 Å². The Balaban J connectivity index is 1.58. The highest BCUT2D eigenvalue weighted by atomic mass is 16.6. The smallest absolute Gasteiger partial charge is 0.410 e. The number of rotatable bonds is 4. The maximum absolute atomic E-state index is 13.3. The van der Waals surface area contributed by atoms with Gasteiger partial charge in [0, 0.05) is 39.4 Å². The first-order chi connectivity index (χ1) is 15.0. The molecule has 0 spiro atoms. The molecule has 2 fully saturated rings. The SMILES string of the molecule is CN(CC1CCCN(C(=O)C2CCCN2C(=O)OC(C)(C)C)C1)C(=O)c1ccc(N)nc1. The number of piperidine rings is 1. The molecule has 0 aliphatic carbocycles. The quantitative estimate of drug-likeness (QED) is 0.762. The third-order valence-corrected chi connectivity index (χ3v) is 5.91. The van der Waals surface area contributed by atoms with E-state index in [1.807, 2.05) is 25.7 Å². The summed E-state index contributed by atoms with van der Waals surface area (Å²) in [7, 11) is 1.76. The minimum absolute atomic E-state index is 0.0187. The van der Waals surface area contributed by atoms with E-state index in [4.69, 9.17) is 10.5 Å². The highest BCUT2D eigenvalue weighted by Gasteiger charge is 2.39. The van der Waals surface area contributed by atoms with Crippen LogP contribution < -0.4 is 5.73 Å². The molecule has 32 heavy (non-hydrogen) atoms. The molecule has 2 N–H and O–H groups in total. The highest BCUT2D eigenvalue weighted by molar-refractivity contribution is 5.94. The number of carbonyl (C=O) groups excluding carboxylic acids is 3. The lowest BCUT2D eigenvalue weighted by atomic mass is 9.96. The molecular formula is C23H35N5O4. The van der Waals surface area contributed by atoms with Crippen molar-refractivity contribution in [3.63, 3.8) is 0 Å². The second kappa shape index (κ2) is 9.75. The van der Waals surface area contributed by atoms with Gasteiger partial charge in [0.15, 0.2) is 0 Å². The summed E-state index contributed by atoms with van der Waals surface area (Å²) in [6, 6.07) is 2.81. The molecule has 3 rings (SSSR count). The van der Waals surface area contributed by atoms with Crippen molar-refractivity contribution in [2.24, 2.45) is 5.92 Å². The highest BCUT2D eigenvalue weighted by Crippen LogP contribution is 2.25. The first-order valence-electron chi connectivity index (χ1n) is 11.3. The molecule has 1 aromatic rings. The Bertz CT molecular complexity index is 836. The zero-order valence-corrected chi connectivity index (χ0v) is 19.5. The van der Waals surface area contributed by atoms with Crippen molar-refractivity contribution >= 4 is 23.7 Å². The normalized spacial score (nSPS) is 21.4. The molecule has 1 aromatic heterocycles. The van der Waals surface area contributed by atoms with Crippen LogP contribution in [0.15, 0.2) is 18.3 Å². The van der Waals surface area contributed by atoms with Gasteiger partial charge < -0.3 is 20.3 Å². The van der Waals surface area contributed by atoms with Crippen LogP contribution in [0.3, 0.4) is 0 Å². The predicted octanol–water partition coefficient (Wildman–Crippen LogP) is 2.37. The zero-order valence-electron chi connectivity index (χ0n) is 19.5. The second-order valence-electron chi connectivity index (χ2n) is 9.78. The topological polar surface area (TPSA) is 109 Å². The Morgan fingerprint density at radius 3 is 2.56 bits per heavy atom. The van der Waals surface area contributed by atoms with Crippen LogP contribution in [0.25, 0.3) is 0 Å². The minimum Gasteiger partial charge on any atom is -0.444 e. The number of carbonyl (C=O) groups is 3. The van der Waals surface area contributed by atoms with E-state index in [2.05, 4.69) is 4.98 Å². The third-order valence-electron chi connectivity index (χ3n) is 5.91. The zero-order chi connectivity index (χ0) is 23.5. The first kappa shape index (κ1) is 23.8. The summed E-state index contributed by atoms with van der Waals surface area (Å²) in [5.41, 5.74) is 5.49. The number of pyridine rings is 1. The molecule has 2 aliphatic heterocycles. The van der Waals surface area contributed by atoms with Gasteiger partial charge in [-0.1, -0.05) is 0 Å². The van der Waals surface area contributed by atoms with E-state index in [0.717, 1.165) is 19.3 Å². The van der Waals surface area contributed by atoms with Crippen molar-refractivity contribution in [2.45, 2.75) is 58.1 Å². The van der Waals surface area contributed by atoms with Crippen molar-refractivity contribution in [1.82, 2.24) is 19.7 Å². The molecule has 9 heteroatoms. The number of anilines is 1. The van der Waals surface area contributed by atoms with Crippen molar-refractivity contribution < 1.29 is 19.1 Å². The molecule has 3 heterocycles. The van der Waals surface area contributed by atoms with Gasteiger partial charge in [-0.2, -0.15) is 0 Å². The summed E-state index contributed by atoms with van der Waals surface area (Å²) in [6.07, 6.45) is 4.32. The van der Waals surface area contributed by atoms with Gasteiger partial charge in [0.1, 0.15) is 17.5 Å². The Labute approximate surface area is 189 Å². The number of nitrogens with two attached hydrogens (primary N) is 1. The number of amides is 3. The van der Waals surface area contributed by atoms with Crippen molar-refractivity contribution in [3.05, 3.63) is 23.9 Å². The molecule has 2 aliphatic rings. The summed E-state index contributed by atoms with van der Waals surface area (Å²) in [4.78, 5) is 47.6. The Morgan fingerprint density at radius 2 is 1.91 bits per heavy atom. The van der Waals surface area contributed by atoms with Gasteiger partial charge in [0.2, 0.25) is 5.91 Å². The summed E-state index contributed by atoms with van der Waals surface area (Å²) >= 11 is 0. The number of hydrogen-bond donors (Lipinski definition) is 1. The molecule has 176 valence electrons. The van der Waals surface area contributed by atoms with Crippen LogP contribution in [0.5, 0.6) is 0 Å². The monoisotopic (exact) mass is 445 g/mol. The predicted molar refractivity (Wildman–Crippen MR) is 121 cm³/mol. The molecule has 0 saturated carbocycles. The van der Waals surface area contributed by atoms with E-state index in [9.17, 15) is 14.4 Å². The van der Waals surface area contributed by atoms with E-state index in [0.29, 0.717) is 44.0 Å². The number of hydrogen-bond acceptors (Lipinski definition) is 6. The maximum Gasteiger partial charge on any atom is 0.410 e. The largest absolute Gasteiger partial charge is 0.444 e. The molecule has 2 saturated heterocycles. The number of aromatic nitrogens is 1. The minimum atomic E-state index is -0.597. The summed E-state index contributed by atoms with van der Waals surface area (Å²) < 4.78 is 5.50. The van der Waals surface area contributed by atoms with E-state index < -0.39 is 17.7 Å². The summed E-state index contributed by atoms with van der Waals surface area (Å²) in [5.74, 6) is 0.417. The van der Waals surface area contributed by atoms with Gasteiger partial charge in [-0.05, 0) is 64.5 Å². The first-order valence-corrected chi connectivity index (χ1v) is 11.3. The maximum atomic E-state index is 13.3. The van der Waals surface area contributed by atoms with Gasteiger partial charge in [-0.15, -0.1) is 0 Å². The summed E-state index contributed by atoms with van der Waals surface area (Å²) in [5, 5.41) is 0. The average Bonchev–Trinajstić information content (AvgIpc) is 3.22. The third kappa shape index (κ3) is 5.89. The van der Waals surface area contributed by atoms with Gasteiger partial charge >= 0.3 is 6.09 Å². The molecule has 3 amide bonds. The second-order valence-corrected chi connectivity index (χ2v) is 9.78. The van der Waals surface area contributed by atoms with E-state index >= 15 is 0 Å². The fourth-order valence-electron chi connectivity index (χ4n) is 4.41. The van der Waals surface area contributed by atoms with Gasteiger partial charge in [-0.3, -0.25) is 14.5 Å². The van der Waals surface area contributed by atoms with Crippen LogP contribution in [0.2, 0.25) is 0 Å². The molecule has 2 unspecified atom stereocenters. The fraction of sp³-hybridized carbons (Fsp3) is 0.652. The van der Waals surface area contributed by atoms with Gasteiger partial charge in [0.05, 0.1) is 5.56 Å². The molecular weight excluding hydrogens is 410 g/mol. The number of ether oxygens (including phenoxy) is 1. The molecule has 9 nitrogen and oxygen atoms in total. The van der Waals surface area contributed by atoms with Crippen molar-refractivity contribution in [1.29, 1.82) is 0 Å². The van der Waals surface area contributed by atoms with Gasteiger partial charge in [0.25, 0.3) is 5.91 Å². The molecule has 0 bridgehead atoms. The number of likely N-dealkylation sites (tertiary alicyclic amines) is 2. The Kier molecular flexibility index (Phi) is 7.26. The van der Waals surface area contributed by atoms with Crippen LogP contribution in [0, 0.1) is 5.92 Å². The molecule has 0 aromatic carbocycles. The van der Waals surface area contributed by atoms with E-state index in [-0.39, 0.29) is 17.7 Å². The molecule has 2 atom stereocenters. The van der Waals surface area contributed by atoms with Crippen molar-refractivity contribution in [2.75, 3.05) is 39.0 Å². The summed E-state index contributed by atoms with van der Waals surface area (Å²) in [6.45, 7) is 7.81. The fourth-order valence-corrected chi connectivity index (χ4v) is 4.41. The number of nitrogens with zero attached hydrogens (tertiary/aromatic N) is 4. The molecule has 0 radical (unpaired) electrons. The van der Waals surface area contributed by atoms with E-state index in [1.165, 1.54) is 6.20 Å². The average molecular weight is 446 g/mol. The van der Waals surface area contributed by atoms with Crippen LogP contribution in [0.1, 0.15) is 56.8 Å². The number of nitrogen functional groups attached to an aromatic ring is 1. The Morgan fingerprint density at radius 1 is 1.19 bits per heavy atom. The lowest BCUT2D eigenvalue weighted by Crippen LogP contribution is -2.52. The van der Waals surface area contributed by atoms with Crippen molar-refractivity contribution in [3.8, 4) is 0 Å². The van der Waals surface area contributed by atoms with Crippen LogP contribution in [-0.2, 0) is 9.53 Å². The van der Waals surface area contributed by atoms with Crippen LogP contribution in [0.4, 0.5) is 10.6 Å². The van der Waals surface area contributed by atoms with Crippen LogP contribution in [-0.4, -0.2) is 82.5 Å².